The number of aromatic amines is 1. The van der Waals surface area contributed by atoms with Crippen LogP contribution in [-0.2, 0) is 9.53 Å². The molecule has 30 heavy (non-hydrogen) atoms. The van der Waals surface area contributed by atoms with E-state index in [9.17, 15) is 9.59 Å². The van der Waals surface area contributed by atoms with Gasteiger partial charge in [-0.05, 0) is 55.0 Å². The maximum absolute atomic E-state index is 12.4. The third kappa shape index (κ3) is 4.31. The number of hydrogen-bond acceptors (Lipinski definition) is 5. The molecule has 0 bridgehead atoms. The van der Waals surface area contributed by atoms with E-state index in [0.717, 1.165) is 11.1 Å². The number of aromatic nitrogens is 3. The molecule has 2 aromatic carbocycles. The second-order valence-electron chi connectivity index (χ2n) is 6.65. The van der Waals surface area contributed by atoms with Gasteiger partial charge in [0.25, 0.3) is 5.91 Å². The Morgan fingerprint density at radius 1 is 1.17 bits per heavy atom. The van der Waals surface area contributed by atoms with Crippen LogP contribution in [0, 0.1) is 6.92 Å². The van der Waals surface area contributed by atoms with Crippen LogP contribution in [0.2, 0.25) is 5.02 Å². The van der Waals surface area contributed by atoms with Crippen LogP contribution in [0.1, 0.15) is 15.9 Å². The van der Waals surface area contributed by atoms with Crippen molar-refractivity contribution in [2.45, 2.75) is 6.92 Å². The quantitative estimate of drug-likeness (QED) is 0.467. The first-order valence-corrected chi connectivity index (χ1v) is 9.51. The summed E-state index contributed by atoms with van der Waals surface area (Å²) in [6.45, 7) is 1.46. The highest BCUT2D eigenvalue weighted by molar-refractivity contribution is 6.31. The molecule has 1 amide bonds. The molecule has 0 aliphatic heterocycles. The van der Waals surface area contributed by atoms with Crippen LogP contribution in [0.15, 0.2) is 60.9 Å². The molecule has 2 heterocycles. The number of anilines is 1. The Morgan fingerprint density at radius 3 is 2.80 bits per heavy atom. The first-order chi connectivity index (χ1) is 14.5. The van der Waals surface area contributed by atoms with Gasteiger partial charge in [-0.25, -0.2) is 9.78 Å². The van der Waals surface area contributed by atoms with E-state index in [0.29, 0.717) is 33.1 Å². The van der Waals surface area contributed by atoms with Gasteiger partial charge in [0.15, 0.2) is 6.61 Å². The summed E-state index contributed by atoms with van der Waals surface area (Å²) in [5.74, 6) is -0.406. The van der Waals surface area contributed by atoms with Gasteiger partial charge in [0.05, 0.1) is 16.6 Å². The minimum absolute atomic E-state index is 0.315. The summed E-state index contributed by atoms with van der Waals surface area (Å²) < 4.78 is 5.13. The van der Waals surface area contributed by atoms with Gasteiger partial charge in [0.1, 0.15) is 5.82 Å². The van der Waals surface area contributed by atoms with Gasteiger partial charge in [-0.1, -0.05) is 17.7 Å². The highest BCUT2D eigenvalue weighted by Crippen LogP contribution is 2.21. The monoisotopic (exact) mass is 420 g/mol. The van der Waals surface area contributed by atoms with E-state index in [1.54, 1.807) is 48.8 Å². The standard InChI is InChI=1S/C22H17ClN4O3/c1-13-4-6-16(10-17(13)23)25-20(28)12-30-22(29)14-5-7-18-19(9-14)27-21(26-18)15-3-2-8-24-11-15/h2-11H,12H2,1H3,(H,25,28)(H,26,27). The van der Waals surface area contributed by atoms with Crippen LogP contribution in [0.25, 0.3) is 22.4 Å². The van der Waals surface area contributed by atoms with E-state index in [-0.39, 0.29) is 0 Å². The highest BCUT2D eigenvalue weighted by Gasteiger charge is 2.13. The molecule has 4 aromatic rings. The number of halogens is 1. The van der Waals surface area contributed by atoms with E-state index in [4.69, 9.17) is 16.3 Å². The topological polar surface area (TPSA) is 97.0 Å². The second-order valence-corrected chi connectivity index (χ2v) is 7.05. The van der Waals surface area contributed by atoms with Crippen molar-refractivity contribution in [2.75, 3.05) is 11.9 Å². The number of carbonyl (C=O) groups excluding carboxylic acids is 2. The molecule has 0 radical (unpaired) electrons. The fourth-order valence-electron chi connectivity index (χ4n) is 2.86. The summed E-state index contributed by atoms with van der Waals surface area (Å²) >= 11 is 6.05. The highest BCUT2D eigenvalue weighted by atomic mass is 35.5. The van der Waals surface area contributed by atoms with Crippen LogP contribution in [-0.4, -0.2) is 33.4 Å². The number of fused-ring (bicyclic) bond motifs is 1. The first kappa shape index (κ1) is 19.6. The zero-order valence-corrected chi connectivity index (χ0v) is 16.7. The largest absolute Gasteiger partial charge is 0.452 e. The van der Waals surface area contributed by atoms with Gasteiger partial charge < -0.3 is 15.0 Å². The number of aryl methyl sites for hydroxylation is 1. The predicted octanol–water partition coefficient (Wildman–Crippen LogP) is 4.38. The molecule has 0 aliphatic rings. The molecule has 4 rings (SSSR count). The number of ether oxygens (including phenoxy) is 1. The molecular formula is C22H17ClN4O3. The fourth-order valence-corrected chi connectivity index (χ4v) is 3.04. The normalized spacial score (nSPS) is 10.7. The number of esters is 1. The Morgan fingerprint density at radius 2 is 2.03 bits per heavy atom. The molecule has 2 N–H and O–H groups in total. The zero-order chi connectivity index (χ0) is 21.1. The summed E-state index contributed by atoms with van der Waals surface area (Å²) in [6, 6.07) is 13.8. The lowest BCUT2D eigenvalue weighted by atomic mass is 10.2. The smallest absolute Gasteiger partial charge is 0.338 e. The second kappa shape index (κ2) is 8.34. The molecular weight excluding hydrogens is 404 g/mol. The number of amides is 1. The molecule has 0 aliphatic carbocycles. The van der Waals surface area contributed by atoms with Crippen LogP contribution in [0.5, 0.6) is 0 Å². The van der Waals surface area contributed by atoms with E-state index < -0.39 is 18.5 Å². The number of nitrogens with one attached hydrogen (secondary N) is 2. The van der Waals surface area contributed by atoms with Gasteiger partial charge in [0.2, 0.25) is 0 Å². The Hall–Kier alpha value is -3.71. The van der Waals surface area contributed by atoms with E-state index in [2.05, 4.69) is 20.3 Å². The molecule has 8 heteroatoms. The van der Waals surface area contributed by atoms with Crippen molar-refractivity contribution in [1.29, 1.82) is 0 Å². The van der Waals surface area contributed by atoms with Gasteiger partial charge in [0, 0.05) is 28.7 Å². The average Bonchev–Trinajstić information content (AvgIpc) is 3.19. The SMILES string of the molecule is Cc1ccc(NC(=O)COC(=O)c2ccc3nc(-c4cccnc4)[nH]c3c2)cc1Cl. The van der Waals surface area contributed by atoms with Gasteiger partial charge in [-0.3, -0.25) is 9.78 Å². The van der Waals surface area contributed by atoms with E-state index in [1.807, 2.05) is 19.1 Å². The number of imidazole rings is 1. The molecule has 7 nitrogen and oxygen atoms in total. The van der Waals surface area contributed by atoms with Crippen molar-refractivity contribution in [2.24, 2.45) is 0 Å². The maximum atomic E-state index is 12.4. The zero-order valence-electron chi connectivity index (χ0n) is 16.0. The number of hydrogen-bond donors (Lipinski definition) is 2. The fraction of sp³-hybridized carbons (Fsp3) is 0.0909. The molecule has 0 spiro atoms. The summed E-state index contributed by atoms with van der Waals surface area (Å²) in [4.78, 5) is 36.2. The lowest BCUT2D eigenvalue weighted by Crippen LogP contribution is -2.20. The minimum Gasteiger partial charge on any atom is -0.452 e. The van der Waals surface area contributed by atoms with Crippen molar-refractivity contribution in [3.8, 4) is 11.4 Å². The molecule has 0 unspecified atom stereocenters. The summed E-state index contributed by atoms with van der Waals surface area (Å²) in [5, 5.41) is 3.19. The number of pyridine rings is 1. The van der Waals surface area contributed by atoms with Crippen LogP contribution in [0.4, 0.5) is 5.69 Å². The van der Waals surface area contributed by atoms with Crippen molar-refractivity contribution in [1.82, 2.24) is 15.0 Å². The lowest BCUT2D eigenvalue weighted by Gasteiger charge is -2.08. The number of H-pyrrole nitrogens is 1. The molecule has 2 aromatic heterocycles. The van der Waals surface area contributed by atoms with Crippen LogP contribution < -0.4 is 5.32 Å². The average molecular weight is 421 g/mol. The van der Waals surface area contributed by atoms with E-state index >= 15 is 0 Å². The molecule has 150 valence electrons. The van der Waals surface area contributed by atoms with Gasteiger partial charge in [-0.15, -0.1) is 0 Å². The minimum atomic E-state index is -0.605. The number of carbonyl (C=O) groups is 2. The van der Waals surface area contributed by atoms with Gasteiger partial charge in [-0.2, -0.15) is 0 Å². The van der Waals surface area contributed by atoms with Crippen molar-refractivity contribution < 1.29 is 14.3 Å². The lowest BCUT2D eigenvalue weighted by molar-refractivity contribution is -0.119. The Labute approximate surface area is 177 Å². The third-order valence-electron chi connectivity index (χ3n) is 4.44. The maximum Gasteiger partial charge on any atom is 0.338 e. The first-order valence-electron chi connectivity index (χ1n) is 9.13. The predicted molar refractivity (Wildman–Crippen MR) is 114 cm³/mol. The Kier molecular flexibility index (Phi) is 5.45. The van der Waals surface area contributed by atoms with Crippen LogP contribution in [0.3, 0.4) is 0 Å². The van der Waals surface area contributed by atoms with Crippen molar-refractivity contribution >= 4 is 40.2 Å². The molecule has 0 saturated carbocycles. The molecule has 0 fully saturated rings. The van der Waals surface area contributed by atoms with E-state index in [1.165, 1.54) is 0 Å². The van der Waals surface area contributed by atoms with Crippen molar-refractivity contribution in [3.05, 3.63) is 77.1 Å². The Bertz CT molecular complexity index is 1240. The van der Waals surface area contributed by atoms with Crippen molar-refractivity contribution in [3.63, 3.8) is 0 Å². The summed E-state index contributed by atoms with van der Waals surface area (Å²) in [7, 11) is 0. The number of nitrogens with zero attached hydrogens (tertiary/aromatic N) is 2. The van der Waals surface area contributed by atoms with Crippen LogP contribution >= 0.6 is 11.6 Å². The third-order valence-corrected chi connectivity index (χ3v) is 4.85. The molecule has 0 saturated heterocycles. The van der Waals surface area contributed by atoms with Gasteiger partial charge >= 0.3 is 5.97 Å². The Balaban J connectivity index is 1.41. The number of rotatable bonds is 5. The number of benzene rings is 2. The summed E-state index contributed by atoms with van der Waals surface area (Å²) in [5.41, 5.74) is 3.98. The molecule has 0 atom stereocenters. The summed E-state index contributed by atoms with van der Waals surface area (Å²) in [6.07, 6.45) is 3.39.